The molecule has 0 saturated heterocycles. The third kappa shape index (κ3) is 3.06. The Labute approximate surface area is 118 Å². The van der Waals surface area contributed by atoms with Crippen molar-refractivity contribution in [3.05, 3.63) is 58.4 Å². The Morgan fingerprint density at radius 1 is 1.26 bits per heavy atom. The lowest BCUT2D eigenvalue weighted by Crippen LogP contribution is -2.19. The van der Waals surface area contributed by atoms with E-state index in [1.54, 1.807) is 7.11 Å². The third-order valence-corrected chi connectivity index (χ3v) is 3.23. The van der Waals surface area contributed by atoms with E-state index >= 15 is 0 Å². The molecule has 0 aliphatic carbocycles. The van der Waals surface area contributed by atoms with Gasteiger partial charge in [-0.3, -0.25) is 4.98 Å². The number of pyridine rings is 1. The van der Waals surface area contributed by atoms with Crippen LogP contribution in [0.4, 0.5) is 0 Å². The molecule has 1 aromatic carbocycles. The molecule has 4 heteroatoms. The molecular formula is C15H17ClN2O. The topological polar surface area (TPSA) is 34.2 Å². The average Bonchev–Trinajstić information content (AvgIpc) is 2.40. The Hall–Kier alpha value is -1.58. The lowest BCUT2D eigenvalue weighted by atomic mass is 10.0. The maximum absolute atomic E-state index is 6.09. The molecule has 100 valence electrons. The number of aryl methyl sites for hydroxylation is 1. The molecule has 1 atom stereocenters. The molecule has 1 N–H and O–H groups in total. The zero-order valence-corrected chi connectivity index (χ0v) is 12.0. The van der Waals surface area contributed by atoms with Crippen LogP contribution in [-0.2, 0) is 0 Å². The highest BCUT2D eigenvalue weighted by Gasteiger charge is 2.18. The number of aromatic nitrogens is 1. The SMILES string of the molecule is CNC(c1cccc(C)n1)c1cc(Cl)ccc1OC. The van der Waals surface area contributed by atoms with Crippen LogP contribution in [0.2, 0.25) is 5.02 Å². The summed E-state index contributed by atoms with van der Waals surface area (Å²) in [4.78, 5) is 4.56. The van der Waals surface area contributed by atoms with Crippen molar-refractivity contribution in [1.29, 1.82) is 0 Å². The van der Waals surface area contributed by atoms with E-state index < -0.39 is 0 Å². The van der Waals surface area contributed by atoms with E-state index in [9.17, 15) is 0 Å². The standard InChI is InChI=1S/C15H17ClN2O/c1-10-5-4-6-13(18-10)15(17-2)12-9-11(16)7-8-14(12)19-3/h4-9,15,17H,1-3H3. The summed E-state index contributed by atoms with van der Waals surface area (Å²) in [5, 5.41) is 3.95. The van der Waals surface area contributed by atoms with Crippen molar-refractivity contribution >= 4 is 11.6 Å². The molecule has 0 fully saturated rings. The smallest absolute Gasteiger partial charge is 0.124 e. The molecule has 0 saturated carbocycles. The number of rotatable bonds is 4. The van der Waals surface area contributed by atoms with E-state index in [2.05, 4.69) is 10.3 Å². The summed E-state index contributed by atoms with van der Waals surface area (Å²) in [7, 11) is 3.55. The summed E-state index contributed by atoms with van der Waals surface area (Å²) >= 11 is 6.09. The van der Waals surface area contributed by atoms with Crippen LogP contribution >= 0.6 is 11.6 Å². The Morgan fingerprint density at radius 2 is 2.05 bits per heavy atom. The predicted molar refractivity (Wildman–Crippen MR) is 77.9 cm³/mol. The van der Waals surface area contributed by atoms with E-state index in [0.29, 0.717) is 5.02 Å². The molecule has 2 aromatic rings. The normalized spacial score (nSPS) is 12.2. The molecule has 1 unspecified atom stereocenters. The van der Waals surface area contributed by atoms with Crippen molar-refractivity contribution < 1.29 is 4.74 Å². The van der Waals surface area contributed by atoms with Gasteiger partial charge in [0.2, 0.25) is 0 Å². The largest absolute Gasteiger partial charge is 0.496 e. The number of ether oxygens (including phenoxy) is 1. The van der Waals surface area contributed by atoms with E-state index in [1.165, 1.54) is 0 Å². The lowest BCUT2D eigenvalue weighted by molar-refractivity contribution is 0.405. The summed E-state index contributed by atoms with van der Waals surface area (Å²) in [5.74, 6) is 0.798. The fourth-order valence-electron chi connectivity index (χ4n) is 2.12. The molecule has 0 amide bonds. The first-order chi connectivity index (χ1) is 9.15. The molecule has 19 heavy (non-hydrogen) atoms. The molecule has 0 aliphatic heterocycles. The maximum Gasteiger partial charge on any atom is 0.124 e. The Bertz CT molecular complexity index is 572. The lowest BCUT2D eigenvalue weighted by Gasteiger charge is -2.19. The molecular weight excluding hydrogens is 260 g/mol. The number of halogens is 1. The Morgan fingerprint density at radius 3 is 2.68 bits per heavy atom. The maximum atomic E-state index is 6.09. The van der Waals surface area contributed by atoms with Crippen molar-refractivity contribution in [2.45, 2.75) is 13.0 Å². The number of hydrogen-bond donors (Lipinski definition) is 1. The van der Waals surface area contributed by atoms with E-state index in [4.69, 9.17) is 16.3 Å². The second-order valence-corrected chi connectivity index (χ2v) is 4.75. The second kappa shape index (κ2) is 6.04. The molecule has 0 spiro atoms. The van der Waals surface area contributed by atoms with Gasteiger partial charge in [-0.05, 0) is 44.3 Å². The van der Waals surface area contributed by atoms with Crippen LogP contribution in [0.25, 0.3) is 0 Å². The van der Waals surface area contributed by atoms with Gasteiger partial charge in [0.1, 0.15) is 5.75 Å². The van der Waals surface area contributed by atoms with Crippen molar-refractivity contribution in [2.75, 3.05) is 14.2 Å². The highest BCUT2D eigenvalue weighted by atomic mass is 35.5. The minimum Gasteiger partial charge on any atom is -0.496 e. The van der Waals surface area contributed by atoms with Gasteiger partial charge in [0, 0.05) is 16.3 Å². The van der Waals surface area contributed by atoms with Crippen LogP contribution in [0.5, 0.6) is 5.75 Å². The van der Waals surface area contributed by atoms with E-state index in [-0.39, 0.29) is 6.04 Å². The molecule has 1 aromatic heterocycles. The van der Waals surface area contributed by atoms with Gasteiger partial charge in [0.05, 0.1) is 18.8 Å². The van der Waals surface area contributed by atoms with Crippen molar-refractivity contribution in [3.8, 4) is 5.75 Å². The van der Waals surface area contributed by atoms with Gasteiger partial charge >= 0.3 is 0 Å². The van der Waals surface area contributed by atoms with Crippen LogP contribution in [0.3, 0.4) is 0 Å². The van der Waals surface area contributed by atoms with Crippen LogP contribution in [-0.4, -0.2) is 19.1 Å². The van der Waals surface area contributed by atoms with Gasteiger partial charge in [-0.2, -0.15) is 0 Å². The molecule has 0 radical (unpaired) electrons. The number of methoxy groups -OCH3 is 1. The summed E-state index contributed by atoms with van der Waals surface area (Å²) < 4.78 is 5.41. The molecule has 0 bridgehead atoms. The Kier molecular flexibility index (Phi) is 4.40. The molecule has 3 nitrogen and oxygen atoms in total. The quantitative estimate of drug-likeness (QED) is 0.930. The van der Waals surface area contributed by atoms with Crippen LogP contribution in [0.15, 0.2) is 36.4 Å². The average molecular weight is 277 g/mol. The highest BCUT2D eigenvalue weighted by molar-refractivity contribution is 6.30. The van der Waals surface area contributed by atoms with Gasteiger partial charge in [0.15, 0.2) is 0 Å². The number of nitrogens with zero attached hydrogens (tertiary/aromatic N) is 1. The molecule has 2 rings (SSSR count). The molecule has 1 heterocycles. The summed E-state index contributed by atoms with van der Waals surface area (Å²) in [6.07, 6.45) is 0. The fourth-order valence-corrected chi connectivity index (χ4v) is 2.30. The third-order valence-electron chi connectivity index (χ3n) is 3.00. The first-order valence-corrected chi connectivity index (χ1v) is 6.47. The van der Waals surface area contributed by atoms with Crippen LogP contribution in [0.1, 0.15) is 23.0 Å². The fraction of sp³-hybridized carbons (Fsp3) is 0.267. The number of benzene rings is 1. The second-order valence-electron chi connectivity index (χ2n) is 4.31. The number of nitrogens with one attached hydrogen (secondary N) is 1. The Balaban J connectivity index is 2.50. The first kappa shape index (κ1) is 13.8. The van der Waals surface area contributed by atoms with Gasteiger partial charge < -0.3 is 10.1 Å². The van der Waals surface area contributed by atoms with Crippen molar-refractivity contribution in [3.63, 3.8) is 0 Å². The number of hydrogen-bond acceptors (Lipinski definition) is 3. The first-order valence-electron chi connectivity index (χ1n) is 6.10. The summed E-state index contributed by atoms with van der Waals surface area (Å²) in [6, 6.07) is 11.5. The van der Waals surface area contributed by atoms with Crippen molar-refractivity contribution in [1.82, 2.24) is 10.3 Å². The van der Waals surface area contributed by atoms with Crippen LogP contribution in [0, 0.1) is 6.92 Å². The highest BCUT2D eigenvalue weighted by Crippen LogP contribution is 2.31. The van der Waals surface area contributed by atoms with Gasteiger partial charge in [-0.15, -0.1) is 0 Å². The monoisotopic (exact) mass is 276 g/mol. The zero-order chi connectivity index (χ0) is 13.8. The summed E-state index contributed by atoms with van der Waals surface area (Å²) in [6.45, 7) is 1.98. The minimum absolute atomic E-state index is 0.0476. The summed E-state index contributed by atoms with van der Waals surface area (Å²) in [5.41, 5.74) is 2.91. The van der Waals surface area contributed by atoms with E-state index in [0.717, 1.165) is 22.7 Å². The van der Waals surface area contributed by atoms with E-state index in [1.807, 2.05) is 50.4 Å². The molecule has 0 aliphatic rings. The van der Waals surface area contributed by atoms with Crippen molar-refractivity contribution in [2.24, 2.45) is 0 Å². The minimum atomic E-state index is -0.0476. The van der Waals surface area contributed by atoms with Gasteiger partial charge in [0.25, 0.3) is 0 Å². The van der Waals surface area contributed by atoms with Gasteiger partial charge in [-0.25, -0.2) is 0 Å². The van der Waals surface area contributed by atoms with Crippen LogP contribution < -0.4 is 10.1 Å². The predicted octanol–water partition coefficient (Wildman–Crippen LogP) is 3.36. The zero-order valence-electron chi connectivity index (χ0n) is 11.3. The van der Waals surface area contributed by atoms with Gasteiger partial charge in [-0.1, -0.05) is 17.7 Å².